The Morgan fingerprint density at radius 3 is 2.63 bits per heavy atom. The van der Waals surface area contributed by atoms with Gasteiger partial charge in [0.15, 0.2) is 0 Å². The van der Waals surface area contributed by atoms with Crippen molar-refractivity contribution in [1.82, 2.24) is 0 Å². The fourth-order valence-corrected chi connectivity index (χ4v) is 3.76. The van der Waals surface area contributed by atoms with E-state index in [4.69, 9.17) is 18.6 Å². The van der Waals surface area contributed by atoms with Crippen LogP contribution in [-0.4, -0.2) is 50.6 Å². The molecule has 7 heteroatoms. The second-order valence-corrected chi connectivity index (χ2v) is 7.31. The SMILES string of the molecule is Cc1oc2ccc(O)c(C[NH+]3CCOCC3)c2c1C(=O)OCCOc1ccccc1. The number of furan rings is 1. The van der Waals surface area contributed by atoms with Gasteiger partial charge in [-0.15, -0.1) is 0 Å². The number of aryl methyl sites for hydroxylation is 1. The predicted octanol–water partition coefficient (Wildman–Crippen LogP) is 2.10. The van der Waals surface area contributed by atoms with Gasteiger partial charge in [0.05, 0.1) is 18.8 Å². The molecule has 0 saturated carbocycles. The van der Waals surface area contributed by atoms with Gasteiger partial charge < -0.3 is 28.6 Å². The molecule has 4 rings (SSSR count). The summed E-state index contributed by atoms with van der Waals surface area (Å²) in [5.74, 6) is 0.873. The third-order valence-corrected chi connectivity index (χ3v) is 5.27. The summed E-state index contributed by atoms with van der Waals surface area (Å²) in [6.45, 7) is 5.76. The molecule has 1 saturated heterocycles. The molecule has 0 unspecified atom stereocenters. The van der Waals surface area contributed by atoms with Crippen LogP contribution in [-0.2, 0) is 16.0 Å². The molecule has 1 aliphatic rings. The third-order valence-electron chi connectivity index (χ3n) is 5.27. The number of fused-ring (bicyclic) bond motifs is 1. The van der Waals surface area contributed by atoms with E-state index in [1.807, 2.05) is 30.3 Å². The minimum Gasteiger partial charge on any atom is -0.507 e. The van der Waals surface area contributed by atoms with Gasteiger partial charge in [-0.3, -0.25) is 0 Å². The van der Waals surface area contributed by atoms with E-state index in [9.17, 15) is 9.90 Å². The number of morpholine rings is 1. The first kappa shape index (κ1) is 20.3. The molecule has 0 radical (unpaired) electrons. The summed E-state index contributed by atoms with van der Waals surface area (Å²) in [4.78, 5) is 14.2. The summed E-state index contributed by atoms with van der Waals surface area (Å²) in [6, 6.07) is 12.7. The highest BCUT2D eigenvalue weighted by atomic mass is 16.6. The van der Waals surface area contributed by atoms with E-state index < -0.39 is 5.97 Å². The summed E-state index contributed by atoms with van der Waals surface area (Å²) >= 11 is 0. The zero-order valence-corrected chi connectivity index (χ0v) is 17.0. The van der Waals surface area contributed by atoms with Crippen LogP contribution >= 0.6 is 0 Å². The Hall–Kier alpha value is -3.03. The normalized spacial score (nSPS) is 14.7. The van der Waals surface area contributed by atoms with E-state index in [1.54, 1.807) is 19.1 Å². The van der Waals surface area contributed by atoms with Gasteiger partial charge >= 0.3 is 5.97 Å². The van der Waals surface area contributed by atoms with Crippen LogP contribution in [0.25, 0.3) is 11.0 Å². The van der Waals surface area contributed by atoms with Crippen molar-refractivity contribution in [2.45, 2.75) is 13.5 Å². The molecule has 0 amide bonds. The van der Waals surface area contributed by atoms with Crippen LogP contribution in [0.1, 0.15) is 21.7 Å². The van der Waals surface area contributed by atoms with E-state index in [0.717, 1.165) is 18.8 Å². The van der Waals surface area contributed by atoms with Crippen LogP contribution in [0.4, 0.5) is 0 Å². The first-order valence-corrected chi connectivity index (χ1v) is 10.1. The number of ether oxygens (including phenoxy) is 3. The molecule has 0 aliphatic carbocycles. The molecule has 1 aliphatic heterocycles. The number of carbonyl (C=O) groups excluding carboxylic acids is 1. The molecule has 7 nitrogen and oxygen atoms in total. The molecule has 0 spiro atoms. The number of esters is 1. The Morgan fingerprint density at radius 1 is 1.10 bits per heavy atom. The van der Waals surface area contributed by atoms with E-state index in [1.165, 1.54) is 4.90 Å². The number of quaternary nitrogens is 1. The molecule has 1 aromatic heterocycles. The van der Waals surface area contributed by atoms with Gasteiger partial charge in [0.2, 0.25) is 0 Å². The number of benzene rings is 2. The minimum atomic E-state index is -0.480. The number of aromatic hydroxyl groups is 1. The van der Waals surface area contributed by atoms with Gasteiger partial charge in [0.1, 0.15) is 61.3 Å². The number of phenols is 1. The predicted molar refractivity (Wildman–Crippen MR) is 110 cm³/mol. The van der Waals surface area contributed by atoms with Crippen LogP contribution in [0.15, 0.2) is 46.9 Å². The fraction of sp³-hybridized carbons (Fsp3) is 0.348. The van der Waals surface area contributed by atoms with Crippen molar-refractivity contribution < 1.29 is 33.4 Å². The Labute approximate surface area is 174 Å². The van der Waals surface area contributed by atoms with Crippen LogP contribution in [0.2, 0.25) is 0 Å². The van der Waals surface area contributed by atoms with Crippen molar-refractivity contribution in [2.75, 3.05) is 39.5 Å². The molecule has 158 valence electrons. The maximum Gasteiger partial charge on any atom is 0.342 e. The fourth-order valence-electron chi connectivity index (χ4n) is 3.76. The highest BCUT2D eigenvalue weighted by Gasteiger charge is 2.26. The lowest BCUT2D eigenvalue weighted by Gasteiger charge is -2.24. The van der Waals surface area contributed by atoms with Gasteiger partial charge in [-0.1, -0.05) is 18.2 Å². The van der Waals surface area contributed by atoms with Gasteiger partial charge in [0.25, 0.3) is 0 Å². The van der Waals surface area contributed by atoms with Crippen LogP contribution in [0.3, 0.4) is 0 Å². The number of phenolic OH excluding ortho intramolecular Hbond substituents is 1. The van der Waals surface area contributed by atoms with E-state index in [0.29, 0.717) is 47.6 Å². The summed E-state index contributed by atoms with van der Waals surface area (Å²) in [5.41, 5.74) is 1.64. The standard InChI is InChI=1S/C23H25NO6/c1-16-21(23(26)29-14-13-28-17-5-3-2-4-6-17)22-18(15-24-9-11-27-12-10-24)19(25)7-8-20(22)30-16/h2-8,25H,9-15H2,1H3/p+1. The van der Waals surface area contributed by atoms with Crippen LogP contribution in [0, 0.1) is 6.92 Å². The van der Waals surface area contributed by atoms with E-state index in [-0.39, 0.29) is 19.0 Å². The van der Waals surface area contributed by atoms with Crippen molar-refractivity contribution >= 4 is 16.9 Å². The van der Waals surface area contributed by atoms with Crippen molar-refractivity contribution in [3.63, 3.8) is 0 Å². The second-order valence-electron chi connectivity index (χ2n) is 7.31. The number of hydrogen-bond donors (Lipinski definition) is 2. The maximum atomic E-state index is 12.9. The molecule has 1 fully saturated rings. The first-order chi connectivity index (χ1) is 14.6. The quantitative estimate of drug-likeness (QED) is 0.457. The average Bonchev–Trinajstić information content (AvgIpc) is 3.11. The lowest BCUT2D eigenvalue weighted by molar-refractivity contribution is -0.921. The first-order valence-electron chi connectivity index (χ1n) is 10.1. The topological polar surface area (TPSA) is 82.6 Å². The van der Waals surface area contributed by atoms with Gasteiger partial charge in [-0.05, 0) is 31.2 Å². The summed E-state index contributed by atoms with van der Waals surface area (Å²) in [6.07, 6.45) is 0. The molecule has 2 aromatic carbocycles. The highest BCUT2D eigenvalue weighted by Crippen LogP contribution is 2.34. The summed E-state index contributed by atoms with van der Waals surface area (Å²) in [5, 5.41) is 11.2. The lowest BCUT2D eigenvalue weighted by Crippen LogP contribution is -3.12. The summed E-state index contributed by atoms with van der Waals surface area (Å²) in [7, 11) is 0. The smallest absolute Gasteiger partial charge is 0.342 e. The Kier molecular flexibility index (Phi) is 6.21. The number of nitrogens with one attached hydrogen (secondary N) is 1. The third kappa shape index (κ3) is 4.42. The largest absolute Gasteiger partial charge is 0.507 e. The molecule has 2 N–H and O–H groups in total. The van der Waals surface area contributed by atoms with Crippen molar-refractivity contribution in [3.8, 4) is 11.5 Å². The Balaban J connectivity index is 1.51. The molecular weight excluding hydrogens is 386 g/mol. The highest BCUT2D eigenvalue weighted by molar-refractivity contribution is 6.06. The summed E-state index contributed by atoms with van der Waals surface area (Å²) < 4.78 is 22.3. The molecule has 30 heavy (non-hydrogen) atoms. The van der Waals surface area contributed by atoms with E-state index >= 15 is 0 Å². The van der Waals surface area contributed by atoms with Crippen LogP contribution in [0.5, 0.6) is 11.5 Å². The molecular formula is C23H26NO6+. The maximum absolute atomic E-state index is 12.9. The van der Waals surface area contributed by atoms with Crippen LogP contribution < -0.4 is 9.64 Å². The minimum absolute atomic E-state index is 0.114. The molecule has 2 heterocycles. The van der Waals surface area contributed by atoms with E-state index in [2.05, 4.69) is 0 Å². The zero-order valence-electron chi connectivity index (χ0n) is 17.0. The lowest BCUT2D eigenvalue weighted by atomic mass is 10.0. The average molecular weight is 412 g/mol. The second kappa shape index (κ2) is 9.19. The van der Waals surface area contributed by atoms with Gasteiger partial charge in [-0.25, -0.2) is 4.79 Å². The van der Waals surface area contributed by atoms with Gasteiger partial charge in [-0.2, -0.15) is 0 Å². The zero-order chi connectivity index (χ0) is 20.9. The monoisotopic (exact) mass is 412 g/mol. The number of carbonyl (C=O) groups is 1. The van der Waals surface area contributed by atoms with Crippen molar-refractivity contribution in [1.29, 1.82) is 0 Å². The van der Waals surface area contributed by atoms with Gasteiger partial charge in [0, 0.05) is 5.39 Å². The molecule has 0 bridgehead atoms. The Bertz CT molecular complexity index is 1010. The number of hydrogen-bond acceptors (Lipinski definition) is 6. The molecule has 3 aromatic rings. The van der Waals surface area contributed by atoms with Crippen molar-refractivity contribution in [2.24, 2.45) is 0 Å². The number of para-hydroxylation sites is 1. The molecule has 0 atom stereocenters. The number of rotatable bonds is 7. The Morgan fingerprint density at radius 2 is 1.87 bits per heavy atom. The van der Waals surface area contributed by atoms with Crippen molar-refractivity contribution in [3.05, 3.63) is 59.4 Å².